The monoisotopic (exact) mass is 472 g/mol. The Kier molecular flexibility index (Phi) is 6.33. The molecule has 1 unspecified atom stereocenters. The van der Waals surface area contributed by atoms with Gasteiger partial charge in [-0.1, -0.05) is 0 Å². The number of nitrogen functional groups attached to an aromatic ring is 1. The van der Waals surface area contributed by atoms with Gasteiger partial charge in [0.05, 0.1) is 29.4 Å². The van der Waals surface area contributed by atoms with Crippen molar-refractivity contribution in [2.45, 2.75) is 18.4 Å². The zero-order valence-electron chi connectivity index (χ0n) is 17.2. The number of fused-ring (bicyclic) bond motifs is 1. The van der Waals surface area contributed by atoms with Gasteiger partial charge in [-0.15, -0.1) is 0 Å². The second kappa shape index (κ2) is 9.34. The molecule has 0 saturated carbocycles. The number of aromatic amines is 1. The second-order valence-electron chi connectivity index (χ2n) is 7.13. The van der Waals surface area contributed by atoms with E-state index in [4.69, 9.17) is 15.2 Å². The van der Waals surface area contributed by atoms with Crippen molar-refractivity contribution in [3.8, 4) is 0 Å². The van der Waals surface area contributed by atoms with E-state index >= 15 is 0 Å². The molecular weight excluding hydrogens is 452 g/mol. The number of imide groups is 1. The van der Waals surface area contributed by atoms with E-state index in [2.05, 4.69) is 27.9 Å². The van der Waals surface area contributed by atoms with Crippen molar-refractivity contribution in [2.75, 3.05) is 29.2 Å². The normalized spacial score (nSPS) is 15.9. The number of benzene rings is 1. The van der Waals surface area contributed by atoms with Crippen LogP contribution in [0.15, 0.2) is 41.5 Å². The minimum atomic E-state index is -0.692. The number of ether oxygens (including phenoxy) is 2. The number of thiol groups is 1. The summed E-state index contributed by atoms with van der Waals surface area (Å²) in [5, 5.41) is 1.91. The van der Waals surface area contributed by atoms with Crippen LogP contribution in [0.25, 0.3) is 11.0 Å². The van der Waals surface area contributed by atoms with E-state index in [1.165, 1.54) is 6.33 Å². The van der Waals surface area contributed by atoms with Crippen LogP contribution >= 0.6 is 12.6 Å². The Hall–Kier alpha value is -3.84. The van der Waals surface area contributed by atoms with Gasteiger partial charge in [0.25, 0.3) is 5.56 Å². The van der Waals surface area contributed by atoms with Gasteiger partial charge in [-0.3, -0.25) is 19.7 Å². The molecule has 1 aliphatic rings. The number of aromatic nitrogens is 3. The lowest BCUT2D eigenvalue weighted by molar-refractivity contribution is -0.121. The molecule has 0 spiro atoms. The fraction of sp³-hybridized carbons (Fsp3) is 0.250. The van der Waals surface area contributed by atoms with Crippen LogP contribution in [-0.4, -0.2) is 50.9 Å². The Balaban J connectivity index is 1.22. The van der Waals surface area contributed by atoms with Crippen LogP contribution in [-0.2, 0) is 25.8 Å². The standard InChI is InChI=1S/C20H20N6O6S/c21-15-7-13-17(18(28)24-15)22-9-25(13)10-31-5-6-32-20(30)23-11-1-3-12(4-2-11)26-16(27)8-14(33)19(26)29/h1-4,7,9,14,33H,5-6,8,10H2,(H,23,30)(H3,21,24,28). The highest BCUT2D eigenvalue weighted by Gasteiger charge is 2.37. The molecule has 1 aliphatic heterocycles. The minimum absolute atomic E-state index is 0.0145. The number of H-pyrrole nitrogens is 1. The van der Waals surface area contributed by atoms with Crippen LogP contribution < -0.4 is 21.5 Å². The van der Waals surface area contributed by atoms with Gasteiger partial charge in [0.1, 0.15) is 19.2 Å². The summed E-state index contributed by atoms with van der Waals surface area (Å²) in [5.74, 6) is -0.478. The van der Waals surface area contributed by atoms with Crippen molar-refractivity contribution < 1.29 is 23.9 Å². The number of nitrogens with one attached hydrogen (secondary N) is 2. The maximum atomic E-state index is 12.0. The number of pyridine rings is 1. The maximum absolute atomic E-state index is 12.0. The summed E-state index contributed by atoms with van der Waals surface area (Å²) in [7, 11) is 0. The SMILES string of the molecule is Nc1cc2c(ncn2COCCOC(=O)Nc2ccc(N3C(=O)CC(S)C3=O)cc2)c(=O)[nH]1. The molecule has 13 heteroatoms. The maximum Gasteiger partial charge on any atom is 0.411 e. The van der Waals surface area contributed by atoms with E-state index in [1.807, 2.05) is 0 Å². The number of anilines is 3. The minimum Gasteiger partial charge on any atom is -0.447 e. The van der Waals surface area contributed by atoms with E-state index in [0.717, 1.165) is 4.90 Å². The molecule has 4 N–H and O–H groups in total. The number of imidazole rings is 1. The molecule has 12 nitrogen and oxygen atoms in total. The highest BCUT2D eigenvalue weighted by atomic mass is 32.1. The van der Waals surface area contributed by atoms with Crippen LogP contribution in [0.4, 0.5) is 22.0 Å². The number of amides is 3. The number of hydrogen-bond acceptors (Lipinski definition) is 9. The summed E-state index contributed by atoms with van der Waals surface area (Å²) in [4.78, 5) is 55.3. The topological polar surface area (TPSA) is 162 Å². The largest absolute Gasteiger partial charge is 0.447 e. The molecule has 172 valence electrons. The first-order chi connectivity index (χ1) is 15.8. The summed E-state index contributed by atoms with van der Waals surface area (Å²) in [6, 6.07) is 7.78. The first-order valence-electron chi connectivity index (χ1n) is 9.83. The van der Waals surface area contributed by atoms with E-state index in [0.29, 0.717) is 16.9 Å². The molecule has 3 heterocycles. The molecule has 0 aliphatic carbocycles. The highest BCUT2D eigenvalue weighted by molar-refractivity contribution is 7.82. The van der Waals surface area contributed by atoms with Crippen molar-refractivity contribution in [1.82, 2.24) is 14.5 Å². The van der Waals surface area contributed by atoms with Crippen LogP contribution in [0.3, 0.4) is 0 Å². The third-order valence-electron chi connectivity index (χ3n) is 4.83. The molecule has 4 rings (SSSR count). The first kappa shape index (κ1) is 22.4. The zero-order chi connectivity index (χ0) is 23.5. The smallest absolute Gasteiger partial charge is 0.411 e. The number of hydrogen-bond donors (Lipinski definition) is 4. The molecule has 2 aromatic heterocycles. The molecule has 0 radical (unpaired) electrons. The first-order valence-corrected chi connectivity index (χ1v) is 10.3. The fourth-order valence-electron chi connectivity index (χ4n) is 3.29. The summed E-state index contributed by atoms with van der Waals surface area (Å²) in [5.41, 5.74) is 6.87. The molecule has 1 aromatic carbocycles. The third-order valence-corrected chi connectivity index (χ3v) is 5.23. The number of nitrogens with zero attached hydrogens (tertiary/aromatic N) is 3. The Bertz CT molecular complexity index is 1270. The average Bonchev–Trinajstić information content (AvgIpc) is 3.28. The van der Waals surface area contributed by atoms with Gasteiger partial charge in [0.2, 0.25) is 11.8 Å². The highest BCUT2D eigenvalue weighted by Crippen LogP contribution is 2.26. The lowest BCUT2D eigenvalue weighted by Crippen LogP contribution is -2.30. The average molecular weight is 472 g/mol. The van der Waals surface area contributed by atoms with Crippen LogP contribution in [0.5, 0.6) is 0 Å². The predicted molar refractivity (Wildman–Crippen MR) is 122 cm³/mol. The van der Waals surface area contributed by atoms with E-state index in [1.54, 1.807) is 34.9 Å². The van der Waals surface area contributed by atoms with E-state index in [-0.39, 0.29) is 55.1 Å². The van der Waals surface area contributed by atoms with Gasteiger partial charge in [0, 0.05) is 18.2 Å². The number of nitrogens with two attached hydrogens (primary N) is 1. The van der Waals surface area contributed by atoms with Gasteiger partial charge in [-0.05, 0) is 24.3 Å². The van der Waals surface area contributed by atoms with Gasteiger partial charge in [-0.25, -0.2) is 14.7 Å². The molecule has 1 saturated heterocycles. The lowest BCUT2D eigenvalue weighted by atomic mass is 10.2. The van der Waals surface area contributed by atoms with Crippen LogP contribution in [0.2, 0.25) is 0 Å². The Morgan fingerprint density at radius 3 is 2.70 bits per heavy atom. The molecule has 3 aromatic rings. The van der Waals surface area contributed by atoms with Crippen molar-refractivity contribution in [3.63, 3.8) is 0 Å². The Morgan fingerprint density at radius 2 is 2.00 bits per heavy atom. The molecule has 0 bridgehead atoms. The van der Waals surface area contributed by atoms with Crippen molar-refractivity contribution >= 4 is 58.8 Å². The predicted octanol–water partition coefficient (Wildman–Crippen LogP) is 1.09. The molecule has 1 atom stereocenters. The summed E-state index contributed by atoms with van der Waals surface area (Å²) in [6.45, 7) is 0.182. The van der Waals surface area contributed by atoms with Gasteiger partial charge in [-0.2, -0.15) is 12.6 Å². The van der Waals surface area contributed by atoms with Gasteiger partial charge in [0.15, 0.2) is 5.52 Å². The molecule has 1 fully saturated rings. The summed E-state index contributed by atoms with van der Waals surface area (Å²) < 4.78 is 12.1. The molecule has 3 amide bonds. The zero-order valence-corrected chi connectivity index (χ0v) is 18.1. The number of carbonyl (C=O) groups is 3. The van der Waals surface area contributed by atoms with E-state index < -0.39 is 11.3 Å². The lowest BCUT2D eigenvalue weighted by Gasteiger charge is -2.15. The quantitative estimate of drug-likeness (QED) is 0.226. The molecule has 33 heavy (non-hydrogen) atoms. The Morgan fingerprint density at radius 1 is 1.24 bits per heavy atom. The third kappa shape index (κ3) is 4.83. The fourth-order valence-corrected chi connectivity index (χ4v) is 3.56. The number of carbonyl (C=O) groups excluding carboxylic acids is 3. The van der Waals surface area contributed by atoms with E-state index in [9.17, 15) is 19.2 Å². The van der Waals surface area contributed by atoms with Crippen molar-refractivity contribution in [1.29, 1.82) is 0 Å². The van der Waals surface area contributed by atoms with Crippen LogP contribution in [0.1, 0.15) is 6.42 Å². The van der Waals surface area contributed by atoms with Gasteiger partial charge < -0.3 is 24.8 Å². The van der Waals surface area contributed by atoms with Crippen molar-refractivity contribution in [2.24, 2.45) is 0 Å². The van der Waals surface area contributed by atoms with Gasteiger partial charge >= 0.3 is 6.09 Å². The Labute approximate surface area is 192 Å². The molecular formula is C20H20N6O6S. The van der Waals surface area contributed by atoms with Crippen molar-refractivity contribution in [3.05, 3.63) is 47.0 Å². The summed E-state index contributed by atoms with van der Waals surface area (Å²) in [6.07, 6.45) is 0.818. The van der Waals surface area contributed by atoms with Crippen LogP contribution in [0, 0.1) is 0 Å². The second-order valence-corrected chi connectivity index (χ2v) is 7.76. The summed E-state index contributed by atoms with van der Waals surface area (Å²) >= 11 is 4.09. The number of rotatable bonds is 7.